The average Bonchev–Trinajstić information content (AvgIpc) is 3.57. The van der Waals surface area contributed by atoms with E-state index in [1.54, 1.807) is 18.5 Å². The Hall–Kier alpha value is -3.58. The summed E-state index contributed by atoms with van der Waals surface area (Å²) in [5.74, 6) is -0.168. The van der Waals surface area contributed by atoms with Crippen molar-refractivity contribution in [3.8, 4) is 11.3 Å². The van der Waals surface area contributed by atoms with Crippen LogP contribution in [0.5, 0.6) is 0 Å². The molecule has 0 spiro atoms. The SMILES string of the molecule is O=C(N[C@@H]1c2ccccc2C[C@H]1N1CC[C@H](F)C1)c1ccc(-c2ccnc3[nH]ccc23)nc1. The molecule has 0 unspecified atom stereocenters. The number of pyridine rings is 2. The van der Waals surface area contributed by atoms with Crippen LogP contribution in [0.15, 0.2) is 67.1 Å². The summed E-state index contributed by atoms with van der Waals surface area (Å²) in [5.41, 5.74) is 5.40. The highest BCUT2D eigenvalue weighted by atomic mass is 19.1. The molecular weight excluding hydrogens is 417 g/mol. The van der Waals surface area contributed by atoms with Crippen molar-refractivity contribution in [3.63, 3.8) is 0 Å². The summed E-state index contributed by atoms with van der Waals surface area (Å²) in [7, 11) is 0. The number of alkyl halides is 1. The molecule has 1 fully saturated rings. The van der Waals surface area contributed by atoms with Gasteiger partial charge in [0, 0.05) is 48.7 Å². The first kappa shape index (κ1) is 20.1. The maximum Gasteiger partial charge on any atom is 0.253 e. The van der Waals surface area contributed by atoms with Crippen LogP contribution in [0.2, 0.25) is 0 Å². The topological polar surface area (TPSA) is 73.9 Å². The number of carbonyl (C=O) groups is 1. The molecule has 3 aromatic heterocycles. The van der Waals surface area contributed by atoms with Crippen molar-refractivity contribution < 1.29 is 9.18 Å². The van der Waals surface area contributed by atoms with Gasteiger partial charge in [-0.25, -0.2) is 9.37 Å². The third kappa shape index (κ3) is 3.58. The summed E-state index contributed by atoms with van der Waals surface area (Å²) < 4.78 is 13.9. The van der Waals surface area contributed by atoms with E-state index >= 15 is 0 Å². The van der Waals surface area contributed by atoms with E-state index in [0.717, 1.165) is 40.8 Å². The molecule has 1 aliphatic heterocycles. The fourth-order valence-corrected chi connectivity index (χ4v) is 5.23. The zero-order valence-electron chi connectivity index (χ0n) is 18.0. The first-order valence-electron chi connectivity index (χ1n) is 11.3. The van der Waals surface area contributed by atoms with Gasteiger partial charge in [0.15, 0.2) is 0 Å². The molecule has 0 bridgehead atoms. The minimum atomic E-state index is -0.790. The maximum atomic E-state index is 13.9. The van der Waals surface area contributed by atoms with Crippen molar-refractivity contribution in [1.29, 1.82) is 0 Å². The van der Waals surface area contributed by atoms with Gasteiger partial charge < -0.3 is 10.3 Å². The fraction of sp³-hybridized carbons (Fsp3) is 0.269. The summed E-state index contributed by atoms with van der Waals surface area (Å²) in [6.45, 7) is 1.16. The minimum Gasteiger partial charge on any atom is -0.346 e. The lowest BCUT2D eigenvalue weighted by Crippen LogP contribution is -2.43. The van der Waals surface area contributed by atoms with Crippen LogP contribution in [0, 0.1) is 0 Å². The van der Waals surface area contributed by atoms with Gasteiger partial charge in [0.1, 0.15) is 11.8 Å². The van der Waals surface area contributed by atoms with Crippen molar-refractivity contribution in [2.75, 3.05) is 13.1 Å². The number of nitrogens with one attached hydrogen (secondary N) is 2. The number of H-pyrrole nitrogens is 1. The largest absolute Gasteiger partial charge is 0.346 e. The van der Waals surface area contributed by atoms with Crippen molar-refractivity contribution in [3.05, 3.63) is 83.8 Å². The molecule has 166 valence electrons. The Morgan fingerprint density at radius 3 is 2.85 bits per heavy atom. The molecule has 2 N–H and O–H groups in total. The third-order valence-corrected chi connectivity index (χ3v) is 6.88. The summed E-state index contributed by atoms with van der Waals surface area (Å²) in [4.78, 5) is 27.4. The first-order chi connectivity index (χ1) is 16.2. The molecule has 1 aromatic carbocycles. The van der Waals surface area contributed by atoms with Crippen molar-refractivity contribution in [2.24, 2.45) is 0 Å². The summed E-state index contributed by atoms with van der Waals surface area (Å²) >= 11 is 0. The number of hydrogen-bond donors (Lipinski definition) is 2. The summed E-state index contributed by atoms with van der Waals surface area (Å²) in [6.07, 6.45) is 5.80. The number of carbonyl (C=O) groups excluding carboxylic acids is 1. The van der Waals surface area contributed by atoms with E-state index < -0.39 is 6.17 Å². The van der Waals surface area contributed by atoms with Gasteiger partial charge in [0.05, 0.1) is 17.3 Å². The van der Waals surface area contributed by atoms with Crippen LogP contribution in [0.25, 0.3) is 22.3 Å². The van der Waals surface area contributed by atoms with Gasteiger partial charge in [0.2, 0.25) is 0 Å². The summed E-state index contributed by atoms with van der Waals surface area (Å²) in [6, 6.07) is 15.6. The molecular formula is C26H24FN5O. The Morgan fingerprint density at radius 1 is 1.12 bits per heavy atom. The number of rotatable bonds is 4. The second-order valence-corrected chi connectivity index (χ2v) is 8.83. The van der Waals surface area contributed by atoms with Crippen molar-refractivity contribution >= 4 is 16.9 Å². The lowest BCUT2D eigenvalue weighted by Gasteiger charge is -2.30. The summed E-state index contributed by atoms with van der Waals surface area (Å²) in [5, 5.41) is 4.21. The van der Waals surface area contributed by atoms with E-state index in [0.29, 0.717) is 18.5 Å². The van der Waals surface area contributed by atoms with Crippen LogP contribution in [-0.2, 0) is 6.42 Å². The number of nitrogens with zero attached hydrogens (tertiary/aromatic N) is 3. The highest BCUT2D eigenvalue weighted by Crippen LogP contribution is 2.36. The molecule has 1 amide bonds. The number of amides is 1. The van der Waals surface area contributed by atoms with Crippen molar-refractivity contribution in [1.82, 2.24) is 25.2 Å². The van der Waals surface area contributed by atoms with Gasteiger partial charge in [-0.15, -0.1) is 0 Å². The Kier molecular flexibility index (Phi) is 4.91. The molecule has 0 radical (unpaired) electrons. The van der Waals surface area contributed by atoms with Gasteiger partial charge in [-0.2, -0.15) is 0 Å². The lowest BCUT2D eigenvalue weighted by molar-refractivity contribution is 0.0904. The number of aromatic amines is 1. The van der Waals surface area contributed by atoms with Crippen molar-refractivity contribution in [2.45, 2.75) is 31.1 Å². The molecule has 4 aromatic rings. The van der Waals surface area contributed by atoms with E-state index in [1.807, 2.05) is 36.5 Å². The van der Waals surface area contributed by atoms with Gasteiger partial charge in [-0.05, 0) is 48.2 Å². The lowest BCUT2D eigenvalue weighted by atomic mass is 10.0. The zero-order chi connectivity index (χ0) is 22.4. The Balaban J connectivity index is 1.25. The van der Waals surface area contributed by atoms with Crippen LogP contribution in [0.1, 0.15) is 33.9 Å². The van der Waals surface area contributed by atoms with E-state index in [4.69, 9.17) is 0 Å². The van der Waals surface area contributed by atoms with E-state index in [2.05, 4.69) is 37.3 Å². The molecule has 0 saturated carbocycles. The number of aromatic nitrogens is 3. The number of hydrogen-bond acceptors (Lipinski definition) is 4. The quantitative estimate of drug-likeness (QED) is 0.501. The Bertz CT molecular complexity index is 1320. The highest BCUT2D eigenvalue weighted by Gasteiger charge is 2.40. The van der Waals surface area contributed by atoms with Gasteiger partial charge >= 0.3 is 0 Å². The van der Waals surface area contributed by atoms with Gasteiger partial charge in [0.25, 0.3) is 5.91 Å². The molecule has 6 nitrogen and oxygen atoms in total. The van der Waals surface area contributed by atoms with Gasteiger partial charge in [-0.1, -0.05) is 24.3 Å². The highest BCUT2D eigenvalue weighted by molar-refractivity contribution is 5.95. The van der Waals surface area contributed by atoms with Crippen LogP contribution < -0.4 is 5.32 Å². The van der Waals surface area contributed by atoms with E-state index in [-0.39, 0.29) is 18.0 Å². The molecule has 1 aliphatic carbocycles. The number of fused-ring (bicyclic) bond motifs is 2. The molecule has 7 heteroatoms. The second-order valence-electron chi connectivity index (χ2n) is 8.83. The van der Waals surface area contributed by atoms with E-state index in [9.17, 15) is 9.18 Å². The molecule has 1 saturated heterocycles. The maximum absolute atomic E-state index is 13.9. The predicted octanol–water partition coefficient (Wildman–Crippen LogP) is 4.06. The molecule has 3 atom stereocenters. The normalized spacial score (nSPS) is 22.5. The number of likely N-dealkylation sites (tertiary alicyclic amines) is 1. The Morgan fingerprint density at radius 2 is 2.03 bits per heavy atom. The van der Waals surface area contributed by atoms with Crippen LogP contribution in [0.4, 0.5) is 4.39 Å². The minimum absolute atomic E-state index is 0.0676. The fourth-order valence-electron chi connectivity index (χ4n) is 5.23. The van der Waals surface area contributed by atoms with Crippen LogP contribution >= 0.6 is 0 Å². The standard InChI is InChI=1S/C26H24FN5O/c27-18-9-12-32(15-18)23-13-16-3-1-2-4-19(16)24(23)31-26(33)17-5-6-22(30-14-17)20-7-10-28-25-21(20)8-11-29-25/h1-8,10-11,14,18,23-24H,9,12-13,15H2,(H,28,29)(H,31,33)/t18-,23+,24+/m0/s1. The molecule has 6 rings (SSSR count). The molecule has 4 heterocycles. The van der Waals surface area contributed by atoms with Crippen LogP contribution in [0.3, 0.4) is 0 Å². The number of halogens is 1. The molecule has 2 aliphatic rings. The average molecular weight is 442 g/mol. The van der Waals surface area contributed by atoms with E-state index in [1.165, 1.54) is 5.56 Å². The first-order valence-corrected chi connectivity index (χ1v) is 11.3. The Labute approximate surface area is 190 Å². The zero-order valence-corrected chi connectivity index (χ0v) is 18.0. The third-order valence-electron chi connectivity index (χ3n) is 6.88. The monoisotopic (exact) mass is 441 g/mol. The smallest absolute Gasteiger partial charge is 0.253 e. The number of benzene rings is 1. The van der Waals surface area contributed by atoms with Crippen LogP contribution in [-0.4, -0.2) is 51.1 Å². The van der Waals surface area contributed by atoms with Gasteiger partial charge in [-0.3, -0.25) is 14.7 Å². The molecule has 33 heavy (non-hydrogen) atoms. The second kappa shape index (κ2) is 8.08. The predicted molar refractivity (Wildman–Crippen MR) is 125 cm³/mol.